The molecule has 5 rings (SSSR count). The molecule has 1 fully saturated rings. The van der Waals surface area contributed by atoms with Crippen LogP contribution >= 0.6 is 12.4 Å². The highest BCUT2D eigenvalue weighted by molar-refractivity contribution is 6.03. The third-order valence-electron chi connectivity index (χ3n) is 6.75. The Hall–Kier alpha value is -2.35. The average Bonchev–Trinajstić information content (AvgIpc) is 3.37. The van der Waals surface area contributed by atoms with E-state index < -0.39 is 11.5 Å². The van der Waals surface area contributed by atoms with Gasteiger partial charge in [0.1, 0.15) is 5.82 Å². The number of piperidine rings is 1. The van der Waals surface area contributed by atoms with Crippen LogP contribution in [0.5, 0.6) is 0 Å². The molecule has 0 bridgehead atoms. The number of ether oxygens (including phenoxy) is 1. The number of halogens is 1. The average molecular weight is 445 g/mol. The quantitative estimate of drug-likeness (QED) is 0.631. The number of hydrogen-bond acceptors (Lipinski definition) is 5. The van der Waals surface area contributed by atoms with E-state index in [9.17, 15) is 9.90 Å². The number of primary amides is 1. The molecule has 2 aromatic heterocycles. The Morgan fingerprint density at radius 3 is 2.61 bits per heavy atom. The Labute approximate surface area is 187 Å². The highest BCUT2D eigenvalue weighted by Crippen LogP contribution is 2.40. The number of aromatic nitrogens is 2. The molecule has 0 radical (unpaired) electrons. The Balaban J connectivity index is 0.00000231. The van der Waals surface area contributed by atoms with E-state index in [1.165, 1.54) is 5.56 Å². The van der Waals surface area contributed by atoms with Crippen LogP contribution in [-0.2, 0) is 17.6 Å². The summed E-state index contributed by atoms with van der Waals surface area (Å²) in [5, 5.41) is 9.95. The first-order valence-corrected chi connectivity index (χ1v) is 10.8. The smallest absolute Gasteiger partial charge is 0.252 e. The Kier molecular flexibility index (Phi) is 5.85. The van der Waals surface area contributed by atoms with Crippen molar-refractivity contribution in [2.24, 2.45) is 5.73 Å². The summed E-state index contributed by atoms with van der Waals surface area (Å²) in [7, 11) is 0. The van der Waals surface area contributed by atoms with Gasteiger partial charge in [0.05, 0.1) is 28.8 Å². The number of carbonyl (C=O) groups excluding carboxylic acids is 1. The summed E-state index contributed by atoms with van der Waals surface area (Å²) in [5.74, 6) is 0.716. The number of fused-ring (bicyclic) bond motifs is 4. The largest absolute Gasteiger partial charge is 0.393 e. The number of aliphatic hydroxyl groups excluding tert-OH is 1. The van der Waals surface area contributed by atoms with E-state index in [4.69, 9.17) is 15.5 Å². The maximum Gasteiger partial charge on any atom is 0.252 e. The third kappa shape index (κ3) is 3.35. The summed E-state index contributed by atoms with van der Waals surface area (Å²) in [4.78, 5) is 19.6. The second-order valence-corrected chi connectivity index (χ2v) is 8.39. The second kappa shape index (κ2) is 8.30. The number of rotatable bonds is 5. The molecule has 31 heavy (non-hydrogen) atoms. The van der Waals surface area contributed by atoms with Crippen LogP contribution in [0.1, 0.15) is 47.7 Å². The first-order chi connectivity index (χ1) is 14.6. The second-order valence-electron chi connectivity index (χ2n) is 8.39. The lowest BCUT2D eigenvalue weighted by Gasteiger charge is -2.42. The molecule has 3 N–H and O–H groups in total. The van der Waals surface area contributed by atoms with Gasteiger partial charge in [-0.3, -0.25) is 9.20 Å². The number of carbonyl (C=O) groups is 1. The Bertz CT molecular complexity index is 1130. The summed E-state index contributed by atoms with van der Waals surface area (Å²) in [5.41, 5.74) is 10.7. The van der Waals surface area contributed by atoms with E-state index in [0.717, 1.165) is 67.6 Å². The van der Waals surface area contributed by atoms with Crippen LogP contribution in [0.15, 0.2) is 24.3 Å². The lowest BCUT2D eigenvalue weighted by Crippen LogP contribution is -2.49. The summed E-state index contributed by atoms with van der Waals surface area (Å²) in [6, 6.07) is 7.99. The topological polar surface area (TPSA) is 93.1 Å². The van der Waals surface area contributed by atoms with Gasteiger partial charge in [-0.05, 0) is 62.3 Å². The van der Waals surface area contributed by atoms with E-state index >= 15 is 0 Å². The number of anilines is 1. The van der Waals surface area contributed by atoms with Crippen LogP contribution in [0.4, 0.5) is 5.82 Å². The van der Waals surface area contributed by atoms with Crippen molar-refractivity contribution in [3.05, 3.63) is 41.0 Å². The van der Waals surface area contributed by atoms with Gasteiger partial charge in [-0.15, -0.1) is 12.4 Å². The van der Waals surface area contributed by atoms with Crippen LogP contribution in [0, 0.1) is 0 Å². The van der Waals surface area contributed by atoms with Gasteiger partial charge in [-0.1, -0.05) is 12.1 Å². The monoisotopic (exact) mass is 444 g/mol. The molecular weight excluding hydrogens is 416 g/mol. The minimum Gasteiger partial charge on any atom is -0.393 e. The maximum atomic E-state index is 12.4. The molecule has 7 nitrogen and oxygen atoms in total. The number of nitrogens with zero attached hydrogens (tertiary/aromatic N) is 3. The summed E-state index contributed by atoms with van der Waals surface area (Å²) < 4.78 is 8.06. The molecule has 2 aliphatic rings. The van der Waals surface area contributed by atoms with E-state index in [1.54, 1.807) is 0 Å². The van der Waals surface area contributed by atoms with Crippen molar-refractivity contribution in [2.75, 3.05) is 31.2 Å². The van der Waals surface area contributed by atoms with Gasteiger partial charge in [0.25, 0.3) is 5.91 Å². The lowest BCUT2D eigenvalue weighted by molar-refractivity contribution is -0.0888. The van der Waals surface area contributed by atoms with Crippen molar-refractivity contribution in [1.82, 2.24) is 9.38 Å². The molecule has 0 unspecified atom stereocenters. The maximum absolute atomic E-state index is 12.4. The number of amides is 1. The molecule has 3 aromatic rings. The molecule has 3 heterocycles. The standard InChI is InChI=1S/C23H28N4O3.ClH/c1-2-30-23(14-28)10-12-26(13-11-23)22-16-7-5-6-15(16)19(20(24)29)21-25-17-8-3-4-9-18(17)27(21)22;/h3-4,8-9,28H,2,5-7,10-14H2,1H3,(H2,24,29);1H. The van der Waals surface area contributed by atoms with E-state index in [1.807, 2.05) is 31.2 Å². The normalized spacial score (nSPS) is 17.7. The van der Waals surface area contributed by atoms with Crippen molar-refractivity contribution in [3.8, 4) is 0 Å². The van der Waals surface area contributed by atoms with E-state index in [0.29, 0.717) is 17.8 Å². The van der Waals surface area contributed by atoms with Gasteiger partial charge >= 0.3 is 0 Å². The number of nitrogens with two attached hydrogens (primary N) is 1. The molecule has 166 valence electrons. The molecule has 1 aliphatic heterocycles. The number of hydrogen-bond donors (Lipinski definition) is 2. The predicted octanol–water partition coefficient (Wildman–Crippen LogP) is 2.86. The van der Waals surface area contributed by atoms with E-state index in [2.05, 4.69) is 9.30 Å². The van der Waals surface area contributed by atoms with Gasteiger partial charge in [-0.25, -0.2) is 4.98 Å². The highest BCUT2D eigenvalue weighted by atomic mass is 35.5. The predicted molar refractivity (Wildman–Crippen MR) is 123 cm³/mol. The number of benzene rings is 1. The van der Waals surface area contributed by atoms with Gasteiger partial charge in [0, 0.05) is 19.7 Å². The molecule has 0 spiro atoms. The van der Waals surface area contributed by atoms with Crippen molar-refractivity contribution in [3.63, 3.8) is 0 Å². The van der Waals surface area contributed by atoms with Gasteiger partial charge in [0.15, 0.2) is 5.65 Å². The van der Waals surface area contributed by atoms with Crippen LogP contribution in [0.25, 0.3) is 16.7 Å². The molecule has 0 atom stereocenters. The zero-order valence-electron chi connectivity index (χ0n) is 17.8. The molecular formula is C23H29ClN4O3. The van der Waals surface area contributed by atoms with Crippen LogP contribution in [-0.4, -0.2) is 52.3 Å². The molecule has 1 aromatic carbocycles. The van der Waals surface area contributed by atoms with Crippen LogP contribution in [0.3, 0.4) is 0 Å². The Morgan fingerprint density at radius 2 is 1.94 bits per heavy atom. The number of para-hydroxylation sites is 2. The minimum atomic E-state index is -0.461. The fraction of sp³-hybridized carbons (Fsp3) is 0.478. The van der Waals surface area contributed by atoms with E-state index in [-0.39, 0.29) is 19.0 Å². The van der Waals surface area contributed by atoms with Crippen molar-refractivity contribution in [1.29, 1.82) is 0 Å². The fourth-order valence-corrected chi connectivity index (χ4v) is 5.32. The van der Waals surface area contributed by atoms with Crippen LogP contribution < -0.4 is 10.6 Å². The molecule has 0 saturated carbocycles. The first-order valence-electron chi connectivity index (χ1n) is 10.8. The third-order valence-corrected chi connectivity index (χ3v) is 6.75. The number of pyridine rings is 1. The highest BCUT2D eigenvalue weighted by Gasteiger charge is 2.37. The van der Waals surface area contributed by atoms with Gasteiger partial charge < -0.3 is 20.5 Å². The number of imidazole rings is 1. The minimum absolute atomic E-state index is 0. The first kappa shape index (κ1) is 21.9. The zero-order valence-corrected chi connectivity index (χ0v) is 18.6. The van der Waals surface area contributed by atoms with Gasteiger partial charge in [0.2, 0.25) is 0 Å². The van der Waals surface area contributed by atoms with Gasteiger partial charge in [-0.2, -0.15) is 0 Å². The summed E-state index contributed by atoms with van der Waals surface area (Å²) in [6.07, 6.45) is 4.32. The Morgan fingerprint density at radius 1 is 1.23 bits per heavy atom. The zero-order chi connectivity index (χ0) is 20.9. The van der Waals surface area contributed by atoms with Crippen molar-refractivity contribution >= 4 is 40.8 Å². The molecule has 1 saturated heterocycles. The summed E-state index contributed by atoms with van der Waals surface area (Å²) >= 11 is 0. The van der Waals surface area contributed by atoms with Crippen LogP contribution in [0.2, 0.25) is 0 Å². The molecule has 1 aliphatic carbocycles. The molecule has 1 amide bonds. The number of aliphatic hydroxyl groups is 1. The van der Waals surface area contributed by atoms with Crippen molar-refractivity contribution < 1.29 is 14.6 Å². The SMILES string of the molecule is CCOC1(CO)CCN(c2c3c(c(C(N)=O)c4nc5ccccc5n24)CCC3)CC1.Cl. The lowest BCUT2D eigenvalue weighted by atomic mass is 9.91. The van der Waals surface area contributed by atoms with Crippen molar-refractivity contribution in [2.45, 2.75) is 44.6 Å². The summed E-state index contributed by atoms with van der Waals surface area (Å²) in [6.45, 7) is 4.17. The molecule has 8 heteroatoms. The fourth-order valence-electron chi connectivity index (χ4n) is 5.32.